The summed E-state index contributed by atoms with van der Waals surface area (Å²) in [4.78, 5) is 29.9. The van der Waals surface area contributed by atoms with Gasteiger partial charge in [-0.2, -0.15) is 13.2 Å². The third-order valence-electron chi connectivity index (χ3n) is 6.98. The molecule has 1 fully saturated rings. The van der Waals surface area contributed by atoms with Gasteiger partial charge in [0.15, 0.2) is 11.5 Å². The second kappa shape index (κ2) is 13.7. The van der Waals surface area contributed by atoms with Crippen LogP contribution in [0.1, 0.15) is 36.2 Å². The Morgan fingerprint density at radius 2 is 1.69 bits per heavy atom. The van der Waals surface area contributed by atoms with Gasteiger partial charge in [-0.1, -0.05) is 30.3 Å². The minimum Gasteiger partial charge on any atom is -0.493 e. The number of benzene rings is 2. The number of amides is 2. The highest BCUT2D eigenvalue weighted by molar-refractivity contribution is 5.95. The predicted molar refractivity (Wildman–Crippen MR) is 143 cm³/mol. The van der Waals surface area contributed by atoms with Crippen LogP contribution in [0, 0.1) is 11.8 Å². The van der Waals surface area contributed by atoms with Crippen molar-refractivity contribution in [3.63, 3.8) is 0 Å². The Bertz CT molecular complexity index is 1090. The number of alkyl halides is 3. The SMILES string of the molecule is COc1ccc(C(=O)N(C[C@@H]2CNC[C@H]2CN(C)C(=O)Cc2ccccc2)C(C)C)cc1OCCC(F)(F)F. The Balaban J connectivity index is 1.67. The highest BCUT2D eigenvalue weighted by atomic mass is 19.4. The number of hydrogen-bond acceptors (Lipinski definition) is 5. The fraction of sp³-hybridized carbons (Fsp3) is 0.517. The lowest BCUT2D eigenvalue weighted by Crippen LogP contribution is -2.44. The molecule has 1 aliphatic heterocycles. The first-order valence-electron chi connectivity index (χ1n) is 13.2. The number of ether oxygens (including phenoxy) is 2. The van der Waals surface area contributed by atoms with Crippen LogP contribution < -0.4 is 14.8 Å². The van der Waals surface area contributed by atoms with E-state index in [0.29, 0.717) is 25.1 Å². The second-order valence-corrected chi connectivity index (χ2v) is 10.2. The molecule has 2 amide bonds. The van der Waals surface area contributed by atoms with Gasteiger partial charge in [-0.15, -0.1) is 0 Å². The molecule has 0 saturated carbocycles. The zero-order chi connectivity index (χ0) is 28.6. The van der Waals surface area contributed by atoms with Gasteiger partial charge in [0.05, 0.1) is 26.6 Å². The molecule has 1 saturated heterocycles. The van der Waals surface area contributed by atoms with Crippen molar-refractivity contribution < 1.29 is 32.2 Å². The summed E-state index contributed by atoms with van der Waals surface area (Å²) in [5.74, 6) is 0.445. The van der Waals surface area contributed by atoms with E-state index < -0.39 is 19.2 Å². The molecule has 214 valence electrons. The van der Waals surface area contributed by atoms with Crippen molar-refractivity contribution in [3.8, 4) is 11.5 Å². The molecule has 1 aliphatic rings. The van der Waals surface area contributed by atoms with Crippen molar-refractivity contribution in [1.29, 1.82) is 0 Å². The monoisotopic (exact) mass is 549 g/mol. The molecule has 0 aliphatic carbocycles. The number of carbonyl (C=O) groups excluding carboxylic acids is 2. The second-order valence-electron chi connectivity index (χ2n) is 10.2. The van der Waals surface area contributed by atoms with E-state index in [-0.39, 0.29) is 41.2 Å². The summed E-state index contributed by atoms with van der Waals surface area (Å²) in [6.07, 6.45) is -5.12. The number of nitrogens with one attached hydrogen (secondary N) is 1. The van der Waals surface area contributed by atoms with Crippen LogP contribution in [0.5, 0.6) is 11.5 Å². The molecule has 0 radical (unpaired) electrons. The molecule has 10 heteroatoms. The first-order chi connectivity index (χ1) is 18.5. The summed E-state index contributed by atoms with van der Waals surface area (Å²) >= 11 is 0. The maximum atomic E-state index is 13.6. The molecule has 39 heavy (non-hydrogen) atoms. The van der Waals surface area contributed by atoms with Crippen LogP contribution in [0.4, 0.5) is 13.2 Å². The highest BCUT2D eigenvalue weighted by Gasteiger charge is 2.33. The summed E-state index contributed by atoms with van der Waals surface area (Å²) in [7, 11) is 3.20. The average molecular weight is 550 g/mol. The molecular formula is C29H38F3N3O4. The summed E-state index contributed by atoms with van der Waals surface area (Å²) in [5, 5.41) is 3.39. The van der Waals surface area contributed by atoms with Crippen LogP contribution in [-0.2, 0) is 11.2 Å². The van der Waals surface area contributed by atoms with Gasteiger partial charge in [-0.05, 0) is 49.4 Å². The van der Waals surface area contributed by atoms with Crippen molar-refractivity contribution in [3.05, 3.63) is 59.7 Å². The molecule has 0 spiro atoms. The zero-order valence-corrected chi connectivity index (χ0v) is 23.0. The van der Waals surface area contributed by atoms with Crippen LogP contribution in [-0.4, -0.2) is 80.8 Å². The number of methoxy groups -OCH3 is 1. The first kappa shape index (κ1) is 30.3. The maximum absolute atomic E-state index is 13.6. The lowest BCUT2D eigenvalue weighted by molar-refractivity contribution is -0.139. The Morgan fingerprint density at radius 3 is 2.31 bits per heavy atom. The smallest absolute Gasteiger partial charge is 0.392 e. The number of carbonyl (C=O) groups is 2. The summed E-state index contributed by atoms with van der Waals surface area (Å²) in [6, 6.07) is 14.1. The van der Waals surface area contributed by atoms with Crippen molar-refractivity contribution in [1.82, 2.24) is 15.1 Å². The van der Waals surface area contributed by atoms with Gasteiger partial charge < -0.3 is 24.6 Å². The molecular weight excluding hydrogens is 511 g/mol. The van der Waals surface area contributed by atoms with Crippen LogP contribution >= 0.6 is 0 Å². The van der Waals surface area contributed by atoms with E-state index in [2.05, 4.69) is 5.32 Å². The van der Waals surface area contributed by atoms with Gasteiger partial charge in [0.2, 0.25) is 5.91 Å². The fourth-order valence-corrected chi connectivity index (χ4v) is 4.72. The standard InChI is InChI=1S/C29H38F3N3O4/c1-20(2)35(28(37)22-10-11-25(38-4)26(15-22)39-13-12-29(30,31)32)19-24-17-33-16-23(24)18-34(3)27(36)14-21-8-6-5-7-9-21/h5-11,15,20,23-24,33H,12-14,16-19H2,1-4H3/t23-,24-/m0/s1. The van der Waals surface area contributed by atoms with E-state index in [0.717, 1.165) is 18.7 Å². The molecule has 0 unspecified atom stereocenters. The molecule has 1 heterocycles. The van der Waals surface area contributed by atoms with Crippen molar-refractivity contribution in [2.75, 3.05) is 46.9 Å². The van der Waals surface area contributed by atoms with E-state index >= 15 is 0 Å². The Morgan fingerprint density at radius 1 is 1.03 bits per heavy atom. The van der Waals surface area contributed by atoms with E-state index in [1.165, 1.54) is 19.2 Å². The lowest BCUT2D eigenvalue weighted by atomic mass is 9.94. The zero-order valence-electron chi connectivity index (χ0n) is 23.0. The largest absolute Gasteiger partial charge is 0.493 e. The molecule has 0 bridgehead atoms. The van der Waals surface area contributed by atoms with E-state index in [1.807, 2.05) is 51.2 Å². The minimum absolute atomic E-state index is 0.0416. The molecule has 3 rings (SSSR count). The van der Waals surface area contributed by atoms with E-state index in [4.69, 9.17) is 9.47 Å². The van der Waals surface area contributed by atoms with Gasteiger partial charge in [-0.25, -0.2) is 0 Å². The topological polar surface area (TPSA) is 71.1 Å². The Labute approximate surface area is 228 Å². The number of likely N-dealkylation sites (N-methyl/N-ethyl adjacent to an activating group) is 1. The number of rotatable bonds is 12. The summed E-state index contributed by atoms with van der Waals surface area (Å²) < 4.78 is 48.3. The van der Waals surface area contributed by atoms with Crippen LogP contribution in [0.2, 0.25) is 0 Å². The van der Waals surface area contributed by atoms with E-state index in [9.17, 15) is 22.8 Å². The Hall–Kier alpha value is -3.27. The van der Waals surface area contributed by atoms with Crippen molar-refractivity contribution in [2.45, 2.75) is 38.9 Å². The molecule has 2 aromatic rings. The molecule has 2 aromatic carbocycles. The third-order valence-corrected chi connectivity index (χ3v) is 6.98. The molecule has 0 aromatic heterocycles. The third kappa shape index (κ3) is 8.88. The molecule has 2 atom stereocenters. The minimum atomic E-state index is -4.35. The predicted octanol–water partition coefficient (Wildman–Crippen LogP) is 4.41. The van der Waals surface area contributed by atoms with Gasteiger partial charge in [0.1, 0.15) is 0 Å². The van der Waals surface area contributed by atoms with E-state index in [1.54, 1.807) is 15.9 Å². The van der Waals surface area contributed by atoms with Crippen LogP contribution in [0.3, 0.4) is 0 Å². The normalized spacial score (nSPS) is 17.2. The van der Waals surface area contributed by atoms with Gasteiger partial charge >= 0.3 is 6.18 Å². The fourth-order valence-electron chi connectivity index (χ4n) is 4.72. The Kier molecular flexibility index (Phi) is 10.6. The average Bonchev–Trinajstić information content (AvgIpc) is 3.32. The molecule has 7 nitrogen and oxygen atoms in total. The number of nitrogens with zero attached hydrogens (tertiary/aromatic N) is 2. The van der Waals surface area contributed by atoms with Crippen molar-refractivity contribution in [2.24, 2.45) is 11.8 Å². The summed E-state index contributed by atoms with van der Waals surface area (Å²) in [6.45, 7) is 5.79. The van der Waals surface area contributed by atoms with Crippen LogP contribution in [0.25, 0.3) is 0 Å². The lowest BCUT2D eigenvalue weighted by Gasteiger charge is -2.33. The van der Waals surface area contributed by atoms with Gasteiger partial charge in [0, 0.05) is 44.8 Å². The highest BCUT2D eigenvalue weighted by Crippen LogP contribution is 2.31. The first-order valence-corrected chi connectivity index (χ1v) is 13.2. The van der Waals surface area contributed by atoms with Crippen LogP contribution in [0.15, 0.2) is 48.5 Å². The maximum Gasteiger partial charge on any atom is 0.392 e. The van der Waals surface area contributed by atoms with Crippen molar-refractivity contribution >= 4 is 11.8 Å². The molecule has 1 N–H and O–H groups in total. The number of hydrogen-bond donors (Lipinski definition) is 1. The van der Waals surface area contributed by atoms with Gasteiger partial charge in [-0.3, -0.25) is 9.59 Å². The van der Waals surface area contributed by atoms with Gasteiger partial charge in [0.25, 0.3) is 5.91 Å². The summed E-state index contributed by atoms with van der Waals surface area (Å²) in [5.41, 5.74) is 1.28. The quantitative estimate of drug-likeness (QED) is 0.425. The number of halogens is 3.